The normalized spacial score (nSPS) is 37.1. The molecule has 8 nitrogen and oxygen atoms in total. The molecule has 3 aliphatic carbocycles. The van der Waals surface area contributed by atoms with Crippen molar-refractivity contribution in [2.45, 2.75) is 78.6 Å². The van der Waals surface area contributed by atoms with Crippen LogP contribution >= 0.6 is 0 Å². The van der Waals surface area contributed by atoms with E-state index >= 15 is 0 Å². The summed E-state index contributed by atoms with van der Waals surface area (Å²) in [6.45, 7) is 12.7. The lowest BCUT2D eigenvalue weighted by molar-refractivity contribution is -0.192. The molecule has 0 amide bonds. The quantitative estimate of drug-likeness (QED) is 0.405. The number of nitrogens with one attached hydrogen (secondary N) is 1. The van der Waals surface area contributed by atoms with Gasteiger partial charge in [-0.15, -0.1) is 6.58 Å². The highest BCUT2D eigenvalue weighted by atomic mass is 16.5. The van der Waals surface area contributed by atoms with Crippen LogP contribution in [0.15, 0.2) is 60.3 Å². The minimum atomic E-state index is -0.747. The maximum absolute atomic E-state index is 13.7. The number of hydrogen-bond donors (Lipinski definition) is 2. The van der Waals surface area contributed by atoms with Gasteiger partial charge in [0.15, 0.2) is 0 Å². The fourth-order valence-electron chi connectivity index (χ4n) is 8.15. The lowest BCUT2D eigenvalue weighted by Gasteiger charge is -2.61. The number of aromatic nitrogens is 2. The van der Waals surface area contributed by atoms with E-state index < -0.39 is 34.6 Å². The summed E-state index contributed by atoms with van der Waals surface area (Å²) < 4.78 is 7.58. The van der Waals surface area contributed by atoms with E-state index in [1.54, 1.807) is 30.7 Å². The average Bonchev–Trinajstić information content (AvgIpc) is 3.31. The Balaban J connectivity index is 1.51. The molecule has 2 N–H and O–H groups in total. The number of pyridine rings is 2. The van der Waals surface area contributed by atoms with E-state index in [0.717, 1.165) is 24.8 Å². The highest BCUT2D eigenvalue weighted by Gasteiger charge is 2.68. The number of carbonyl (C=O) groups is 2. The Morgan fingerprint density at radius 3 is 2.73 bits per heavy atom. The zero-order valence-electron chi connectivity index (χ0n) is 23.9. The fourth-order valence-corrected chi connectivity index (χ4v) is 8.15. The number of aliphatic hydroxyl groups excluding tert-OH is 1. The number of esters is 1. The van der Waals surface area contributed by atoms with Crippen LogP contribution in [-0.2, 0) is 16.1 Å². The van der Waals surface area contributed by atoms with Gasteiger partial charge in [0, 0.05) is 41.8 Å². The first-order chi connectivity index (χ1) is 19.0. The van der Waals surface area contributed by atoms with Crippen LogP contribution in [0.2, 0.25) is 0 Å². The molecule has 214 valence electrons. The minimum absolute atomic E-state index is 0.0893. The molecule has 0 aromatic carbocycles. The SMILES string of the molecule is C=C[C@]1(C)C[C@@H](OC(=O)c2cccn(NCc3cccnc3)c2=O)[C@]2(C)C(C)CC[C@]3(CCC(=O)C32)[C@@H](C)[C@@H]1O. The molecule has 2 unspecified atom stereocenters. The standard InChI is InChI=1S/C32H41N3O5/c1-6-30(4)17-25(31(5)20(2)11-13-32(21(3)27(30)37)14-12-24(36)26(31)32)40-29(39)23-10-8-16-35(28(23)38)34-19-22-9-7-15-33-18-22/h6-10,15-16,18,20-21,25-27,34,37H,1,11-14,17,19H2,2-5H3/t20?,21-,25+,26?,27-,30+,31-,32-/m0/s1. The third-order valence-corrected chi connectivity index (χ3v) is 10.9. The van der Waals surface area contributed by atoms with Gasteiger partial charge in [-0.3, -0.25) is 14.6 Å². The van der Waals surface area contributed by atoms with Crippen molar-refractivity contribution >= 4 is 11.8 Å². The van der Waals surface area contributed by atoms with Crippen molar-refractivity contribution in [1.29, 1.82) is 0 Å². The summed E-state index contributed by atoms with van der Waals surface area (Å²) in [5.74, 6) is -0.859. The third-order valence-electron chi connectivity index (χ3n) is 10.9. The van der Waals surface area contributed by atoms with Crippen molar-refractivity contribution in [1.82, 2.24) is 9.66 Å². The molecule has 5 rings (SSSR count). The molecule has 40 heavy (non-hydrogen) atoms. The van der Waals surface area contributed by atoms with E-state index in [9.17, 15) is 19.5 Å². The Morgan fingerprint density at radius 1 is 1.25 bits per heavy atom. The molecule has 0 spiro atoms. The van der Waals surface area contributed by atoms with Crippen molar-refractivity contribution in [2.24, 2.45) is 34.0 Å². The van der Waals surface area contributed by atoms with E-state index in [2.05, 4.69) is 37.8 Å². The molecular formula is C32H41N3O5. The van der Waals surface area contributed by atoms with Crippen LogP contribution in [0.3, 0.4) is 0 Å². The fraction of sp³-hybridized carbons (Fsp3) is 0.562. The number of nitrogens with zero attached hydrogens (tertiary/aromatic N) is 2. The number of hydrogen-bond acceptors (Lipinski definition) is 7. The predicted octanol–water partition coefficient (Wildman–Crippen LogP) is 4.51. The van der Waals surface area contributed by atoms with Crippen molar-refractivity contribution in [3.05, 3.63) is 77.0 Å². The number of ketones is 1. The number of rotatable bonds is 6. The molecule has 0 saturated heterocycles. The van der Waals surface area contributed by atoms with E-state index in [0.29, 0.717) is 19.4 Å². The van der Waals surface area contributed by atoms with Crippen LogP contribution in [0, 0.1) is 34.0 Å². The van der Waals surface area contributed by atoms with Gasteiger partial charge >= 0.3 is 5.97 Å². The third kappa shape index (κ3) is 4.31. The summed E-state index contributed by atoms with van der Waals surface area (Å²) in [6.07, 6.45) is 8.53. The van der Waals surface area contributed by atoms with Gasteiger partial charge in [-0.2, -0.15) is 0 Å². The summed E-state index contributed by atoms with van der Waals surface area (Å²) in [4.78, 5) is 44.8. The second-order valence-corrected chi connectivity index (χ2v) is 12.8. The smallest absolute Gasteiger partial charge is 0.344 e. The Hall–Kier alpha value is -3.26. The molecule has 0 aliphatic heterocycles. The molecule has 2 heterocycles. The van der Waals surface area contributed by atoms with Crippen molar-refractivity contribution in [3.63, 3.8) is 0 Å². The number of carbonyl (C=O) groups excluding carboxylic acids is 2. The van der Waals surface area contributed by atoms with Gasteiger partial charge in [0.25, 0.3) is 5.56 Å². The van der Waals surface area contributed by atoms with Gasteiger partial charge in [-0.25, -0.2) is 9.47 Å². The largest absolute Gasteiger partial charge is 0.458 e. The van der Waals surface area contributed by atoms with Crippen molar-refractivity contribution in [3.8, 4) is 0 Å². The summed E-state index contributed by atoms with van der Waals surface area (Å²) in [5.41, 5.74) is 1.56. The van der Waals surface area contributed by atoms with Gasteiger partial charge < -0.3 is 15.3 Å². The summed E-state index contributed by atoms with van der Waals surface area (Å²) >= 11 is 0. The Bertz CT molecular complexity index is 1360. The highest BCUT2D eigenvalue weighted by Crippen LogP contribution is 2.68. The van der Waals surface area contributed by atoms with Crippen LogP contribution in [0.5, 0.6) is 0 Å². The van der Waals surface area contributed by atoms with E-state index in [1.807, 2.05) is 19.1 Å². The number of ether oxygens (including phenoxy) is 1. The topological polar surface area (TPSA) is 111 Å². The zero-order chi connectivity index (χ0) is 28.9. The molecule has 2 aromatic rings. The monoisotopic (exact) mass is 547 g/mol. The Labute approximate surface area is 235 Å². The minimum Gasteiger partial charge on any atom is -0.458 e. The predicted molar refractivity (Wildman–Crippen MR) is 152 cm³/mol. The van der Waals surface area contributed by atoms with Crippen molar-refractivity contribution in [2.75, 3.05) is 5.43 Å². The summed E-state index contributed by atoms with van der Waals surface area (Å²) in [5, 5.41) is 11.7. The molecule has 3 saturated carbocycles. The maximum atomic E-state index is 13.7. The van der Waals surface area contributed by atoms with Gasteiger partial charge in [0.1, 0.15) is 17.5 Å². The molecule has 2 aromatic heterocycles. The maximum Gasteiger partial charge on any atom is 0.344 e. The van der Waals surface area contributed by atoms with Crippen LogP contribution in [-0.4, -0.2) is 38.7 Å². The Kier molecular flexibility index (Phi) is 7.27. The molecule has 0 radical (unpaired) electrons. The molecule has 3 aliphatic rings. The van der Waals surface area contributed by atoms with Crippen LogP contribution in [0.1, 0.15) is 75.7 Å². The highest BCUT2D eigenvalue weighted by molar-refractivity contribution is 5.89. The lowest BCUT2D eigenvalue weighted by Crippen LogP contribution is -2.63. The molecule has 8 atom stereocenters. The first kappa shape index (κ1) is 28.3. The average molecular weight is 548 g/mol. The summed E-state index contributed by atoms with van der Waals surface area (Å²) in [7, 11) is 0. The molecule has 2 bridgehead atoms. The second kappa shape index (κ2) is 10.3. The molecule has 3 fully saturated rings. The number of Topliss-reactive ketones (excluding diaryl/α,β-unsaturated/α-hetero) is 1. The van der Waals surface area contributed by atoms with Crippen LogP contribution < -0.4 is 11.0 Å². The van der Waals surface area contributed by atoms with E-state index in [-0.39, 0.29) is 34.5 Å². The summed E-state index contributed by atoms with van der Waals surface area (Å²) in [6, 6.07) is 6.80. The Morgan fingerprint density at radius 2 is 2.02 bits per heavy atom. The van der Waals surface area contributed by atoms with E-state index in [1.165, 1.54) is 10.7 Å². The van der Waals surface area contributed by atoms with Gasteiger partial charge in [0.05, 0.1) is 12.6 Å². The van der Waals surface area contributed by atoms with Crippen LogP contribution in [0.4, 0.5) is 0 Å². The van der Waals surface area contributed by atoms with Gasteiger partial charge in [0.2, 0.25) is 0 Å². The first-order valence-corrected chi connectivity index (χ1v) is 14.4. The van der Waals surface area contributed by atoms with Gasteiger partial charge in [-0.05, 0) is 66.7 Å². The lowest BCUT2D eigenvalue weighted by atomic mass is 9.44. The van der Waals surface area contributed by atoms with Gasteiger partial charge in [-0.1, -0.05) is 39.8 Å². The second-order valence-electron chi connectivity index (χ2n) is 12.8. The molecule has 8 heteroatoms. The number of aliphatic hydroxyl groups is 1. The van der Waals surface area contributed by atoms with Crippen LogP contribution in [0.25, 0.3) is 0 Å². The zero-order valence-corrected chi connectivity index (χ0v) is 23.9. The first-order valence-electron chi connectivity index (χ1n) is 14.4. The molecular weight excluding hydrogens is 506 g/mol. The van der Waals surface area contributed by atoms with Crippen molar-refractivity contribution < 1.29 is 19.4 Å². The van der Waals surface area contributed by atoms with E-state index in [4.69, 9.17) is 4.74 Å².